The molecular formula is C16H23FN2O2. The van der Waals surface area contributed by atoms with E-state index in [1.807, 2.05) is 6.07 Å². The normalized spacial score (nSPS) is 15.4. The maximum absolute atomic E-state index is 14.0. The summed E-state index contributed by atoms with van der Waals surface area (Å²) in [6, 6.07) is 5.04. The van der Waals surface area contributed by atoms with Crippen LogP contribution in [0.15, 0.2) is 18.2 Å². The topological polar surface area (TPSA) is 41.6 Å². The van der Waals surface area contributed by atoms with Crippen LogP contribution in [0.3, 0.4) is 0 Å². The maximum atomic E-state index is 14.0. The molecule has 0 radical (unpaired) electrons. The smallest absolute Gasteiger partial charge is 0.407 e. The van der Waals surface area contributed by atoms with Crippen molar-refractivity contribution in [2.75, 3.05) is 13.1 Å². The minimum absolute atomic E-state index is 0.144. The van der Waals surface area contributed by atoms with Gasteiger partial charge in [-0.1, -0.05) is 12.1 Å². The van der Waals surface area contributed by atoms with Crippen LogP contribution in [0.1, 0.15) is 38.3 Å². The number of amides is 1. The lowest BCUT2D eigenvalue weighted by Gasteiger charge is -2.31. The van der Waals surface area contributed by atoms with Gasteiger partial charge in [-0.25, -0.2) is 9.18 Å². The molecule has 1 amide bonds. The Kier molecular flexibility index (Phi) is 4.83. The van der Waals surface area contributed by atoms with Gasteiger partial charge in [-0.15, -0.1) is 0 Å². The highest BCUT2D eigenvalue weighted by molar-refractivity contribution is 5.67. The number of hydrogen-bond acceptors (Lipinski definition) is 3. The Bertz CT molecular complexity index is 507. The van der Waals surface area contributed by atoms with Crippen LogP contribution in [-0.2, 0) is 17.8 Å². The number of nitrogens with zero attached hydrogens (tertiary/aromatic N) is 1. The van der Waals surface area contributed by atoms with E-state index in [-0.39, 0.29) is 12.4 Å². The Hall–Kier alpha value is -1.62. The van der Waals surface area contributed by atoms with E-state index in [2.05, 4.69) is 10.2 Å². The first-order valence-corrected chi connectivity index (χ1v) is 7.30. The second-order valence-corrected chi connectivity index (χ2v) is 6.36. The quantitative estimate of drug-likeness (QED) is 0.928. The molecule has 1 N–H and O–H groups in total. The fourth-order valence-electron chi connectivity index (χ4n) is 2.20. The summed E-state index contributed by atoms with van der Waals surface area (Å²) in [7, 11) is 0. The highest BCUT2D eigenvalue weighted by Gasteiger charge is 2.19. The lowest BCUT2D eigenvalue weighted by molar-refractivity contribution is 0.0523. The molecule has 21 heavy (non-hydrogen) atoms. The summed E-state index contributed by atoms with van der Waals surface area (Å²) in [4.78, 5) is 13.9. The van der Waals surface area contributed by atoms with E-state index in [0.717, 1.165) is 25.2 Å². The summed E-state index contributed by atoms with van der Waals surface area (Å²) in [5.74, 6) is -0.288. The Morgan fingerprint density at radius 1 is 1.38 bits per heavy atom. The zero-order valence-corrected chi connectivity index (χ0v) is 12.9. The molecule has 4 nitrogen and oxygen atoms in total. The van der Waals surface area contributed by atoms with Crippen molar-refractivity contribution in [1.82, 2.24) is 10.2 Å². The zero-order valence-electron chi connectivity index (χ0n) is 12.9. The Balaban J connectivity index is 1.99. The summed E-state index contributed by atoms with van der Waals surface area (Å²) in [5, 5.41) is 2.63. The van der Waals surface area contributed by atoms with Crippen molar-refractivity contribution in [1.29, 1.82) is 0 Å². The van der Waals surface area contributed by atoms with E-state index >= 15 is 0 Å². The standard InChI is InChI=1S/C16H23FN2O2/c1-16(2,3)21-15(20)18-10-13-12(6-4-7-14(13)17)11-19-8-5-9-19/h4,6-7H,5,8-11H2,1-3H3,(H,18,20). The molecule has 1 aliphatic rings. The lowest BCUT2D eigenvalue weighted by Crippen LogP contribution is -2.37. The van der Waals surface area contributed by atoms with Crippen LogP contribution in [0.4, 0.5) is 9.18 Å². The van der Waals surface area contributed by atoms with Gasteiger partial charge in [-0.3, -0.25) is 4.90 Å². The minimum Gasteiger partial charge on any atom is -0.444 e. The van der Waals surface area contributed by atoms with Gasteiger partial charge in [0.1, 0.15) is 11.4 Å². The second-order valence-electron chi connectivity index (χ2n) is 6.36. The highest BCUT2D eigenvalue weighted by atomic mass is 19.1. The Labute approximate surface area is 125 Å². The molecule has 0 unspecified atom stereocenters. The first-order valence-electron chi connectivity index (χ1n) is 7.30. The van der Waals surface area contributed by atoms with Crippen molar-refractivity contribution in [3.8, 4) is 0 Å². The third-order valence-corrected chi connectivity index (χ3v) is 3.37. The maximum Gasteiger partial charge on any atom is 0.407 e. The molecule has 5 heteroatoms. The highest BCUT2D eigenvalue weighted by Crippen LogP contribution is 2.19. The summed E-state index contributed by atoms with van der Waals surface area (Å²) in [6.07, 6.45) is 0.668. The van der Waals surface area contributed by atoms with Gasteiger partial charge in [-0.2, -0.15) is 0 Å². The van der Waals surface area contributed by atoms with Gasteiger partial charge in [0.15, 0.2) is 0 Å². The second kappa shape index (κ2) is 6.43. The average molecular weight is 294 g/mol. The van der Waals surface area contributed by atoms with E-state index in [9.17, 15) is 9.18 Å². The van der Waals surface area contributed by atoms with Gasteiger partial charge in [0.05, 0.1) is 0 Å². The molecule has 2 rings (SSSR count). The number of carbonyl (C=O) groups is 1. The van der Waals surface area contributed by atoms with Crippen LogP contribution in [0, 0.1) is 5.82 Å². The SMILES string of the molecule is CC(C)(C)OC(=O)NCc1c(F)cccc1CN1CCC1. The molecule has 0 bridgehead atoms. The van der Waals surface area contributed by atoms with Crippen LogP contribution >= 0.6 is 0 Å². The van der Waals surface area contributed by atoms with Gasteiger partial charge in [0.25, 0.3) is 0 Å². The van der Waals surface area contributed by atoms with Gasteiger partial charge >= 0.3 is 6.09 Å². The summed E-state index contributed by atoms with van der Waals surface area (Å²) >= 11 is 0. The molecule has 0 saturated carbocycles. The zero-order chi connectivity index (χ0) is 15.5. The number of ether oxygens (including phenoxy) is 1. The van der Waals surface area contributed by atoms with E-state index in [1.165, 1.54) is 12.5 Å². The van der Waals surface area contributed by atoms with E-state index in [1.54, 1.807) is 26.8 Å². The van der Waals surface area contributed by atoms with Crippen LogP contribution in [0.25, 0.3) is 0 Å². The Morgan fingerprint density at radius 3 is 2.67 bits per heavy atom. The number of alkyl carbamates (subject to hydrolysis) is 1. The third kappa shape index (κ3) is 4.70. The largest absolute Gasteiger partial charge is 0.444 e. The van der Waals surface area contributed by atoms with Crippen molar-refractivity contribution >= 4 is 6.09 Å². The van der Waals surface area contributed by atoms with E-state index < -0.39 is 11.7 Å². The fraction of sp³-hybridized carbons (Fsp3) is 0.562. The average Bonchev–Trinajstić information content (AvgIpc) is 2.30. The number of carbonyl (C=O) groups excluding carboxylic acids is 1. The Morgan fingerprint density at radius 2 is 2.10 bits per heavy atom. The first-order chi connectivity index (χ1) is 9.85. The monoisotopic (exact) mass is 294 g/mol. The minimum atomic E-state index is -0.556. The first kappa shape index (κ1) is 15.8. The third-order valence-electron chi connectivity index (χ3n) is 3.37. The number of nitrogens with one attached hydrogen (secondary N) is 1. The predicted octanol–water partition coefficient (Wildman–Crippen LogP) is 3.06. The summed E-state index contributed by atoms with van der Waals surface area (Å²) in [6.45, 7) is 8.36. The number of halogens is 1. The molecule has 0 aliphatic carbocycles. The molecule has 1 heterocycles. The number of benzene rings is 1. The molecule has 0 spiro atoms. The number of likely N-dealkylation sites (tertiary alicyclic amines) is 1. The van der Waals surface area contributed by atoms with Gasteiger partial charge in [-0.05, 0) is 51.9 Å². The molecule has 1 saturated heterocycles. The van der Waals surface area contributed by atoms with Crippen molar-refractivity contribution in [2.45, 2.75) is 45.9 Å². The molecule has 1 fully saturated rings. The van der Waals surface area contributed by atoms with Crippen molar-refractivity contribution in [3.63, 3.8) is 0 Å². The molecular weight excluding hydrogens is 271 g/mol. The number of hydrogen-bond donors (Lipinski definition) is 1. The molecule has 0 atom stereocenters. The van der Waals surface area contributed by atoms with Gasteiger partial charge < -0.3 is 10.1 Å². The van der Waals surface area contributed by atoms with Crippen LogP contribution < -0.4 is 5.32 Å². The number of rotatable bonds is 4. The molecule has 0 aromatic heterocycles. The van der Waals surface area contributed by atoms with Crippen molar-refractivity contribution in [3.05, 3.63) is 35.1 Å². The predicted molar refractivity (Wildman–Crippen MR) is 79.4 cm³/mol. The van der Waals surface area contributed by atoms with E-state index in [4.69, 9.17) is 4.74 Å². The summed E-state index contributed by atoms with van der Waals surface area (Å²) in [5.41, 5.74) is 0.904. The van der Waals surface area contributed by atoms with Gasteiger partial charge in [0.2, 0.25) is 0 Å². The summed E-state index contributed by atoms with van der Waals surface area (Å²) < 4.78 is 19.2. The van der Waals surface area contributed by atoms with Crippen LogP contribution in [-0.4, -0.2) is 29.7 Å². The van der Waals surface area contributed by atoms with Crippen molar-refractivity contribution in [2.24, 2.45) is 0 Å². The van der Waals surface area contributed by atoms with Crippen LogP contribution in [0.5, 0.6) is 0 Å². The lowest BCUT2D eigenvalue weighted by atomic mass is 10.0. The van der Waals surface area contributed by atoms with E-state index in [0.29, 0.717) is 5.56 Å². The molecule has 116 valence electrons. The fourth-order valence-corrected chi connectivity index (χ4v) is 2.20. The van der Waals surface area contributed by atoms with Crippen LogP contribution in [0.2, 0.25) is 0 Å². The molecule has 1 aromatic carbocycles. The molecule has 1 aromatic rings. The van der Waals surface area contributed by atoms with Gasteiger partial charge in [0, 0.05) is 18.7 Å². The van der Waals surface area contributed by atoms with Crippen molar-refractivity contribution < 1.29 is 13.9 Å². The molecule has 1 aliphatic heterocycles.